The Morgan fingerprint density at radius 2 is 1.73 bits per heavy atom. The third-order valence-corrected chi connectivity index (χ3v) is 5.64. The van der Waals surface area contributed by atoms with Crippen LogP contribution in [0.2, 0.25) is 0 Å². The van der Waals surface area contributed by atoms with Crippen molar-refractivity contribution in [2.45, 2.75) is 26.2 Å². The van der Waals surface area contributed by atoms with Gasteiger partial charge in [0.1, 0.15) is 28.8 Å². The summed E-state index contributed by atoms with van der Waals surface area (Å²) < 4.78 is 26.7. The first-order chi connectivity index (χ1) is 18.9. The van der Waals surface area contributed by atoms with Gasteiger partial charge < -0.3 is 20.5 Å². The van der Waals surface area contributed by atoms with E-state index in [9.17, 15) is 18.8 Å². The molecule has 0 fully saturated rings. The monoisotopic (exact) mass is 546 g/mol. The normalized spacial score (nSPS) is 11.0. The minimum Gasteiger partial charge on any atom is -0.465 e. The van der Waals surface area contributed by atoms with Crippen molar-refractivity contribution in [3.8, 4) is 17.2 Å². The fraction of sp³-hybridized carbons (Fsp3) is 0.179. The van der Waals surface area contributed by atoms with Crippen LogP contribution in [0, 0.1) is 5.82 Å². The molecule has 11 nitrogen and oxygen atoms in total. The van der Waals surface area contributed by atoms with E-state index in [2.05, 4.69) is 20.7 Å². The standard InChI is InChI=1S/C28H27FN6O5/c1-28(2,3)23-15-24(35(34-23)17-7-5-6-16(12-17)26(37)39-4)33-27(38)32-21-9-8-18(13-20(21)29)40-19-10-11-31-22(14-19)25(30)36/h5-15H,1-4H3,(H2,30,36)(H2,32,33,38). The number of benzene rings is 2. The molecule has 0 saturated carbocycles. The number of methoxy groups -OCH3 is 1. The molecule has 0 aliphatic carbocycles. The first-order valence-electron chi connectivity index (χ1n) is 12.0. The van der Waals surface area contributed by atoms with Crippen molar-refractivity contribution < 1.29 is 28.2 Å². The quantitative estimate of drug-likeness (QED) is 0.275. The highest BCUT2D eigenvalue weighted by atomic mass is 19.1. The number of urea groups is 1. The van der Waals surface area contributed by atoms with E-state index in [-0.39, 0.29) is 28.3 Å². The molecule has 0 spiro atoms. The van der Waals surface area contributed by atoms with Crippen LogP contribution in [0.5, 0.6) is 11.5 Å². The third kappa shape index (κ3) is 6.41. The van der Waals surface area contributed by atoms with Crippen LogP contribution in [-0.2, 0) is 10.2 Å². The molecule has 0 atom stereocenters. The van der Waals surface area contributed by atoms with E-state index in [1.165, 1.54) is 42.3 Å². The first-order valence-corrected chi connectivity index (χ1v) is 12.0. The maximum Gasteiger partial charge on any atom is 0.337 e. The Kier molecular flexibility index (Phi) is 7.80. The molecule has 40 heavy (non-hydrogen) atoms. The van der Waals surface area contributed by atoms with Crippen LogP contribution in [-0.4, -0.2) is 39.8 Å². The molecule has 0 radical (unpaired) electrons. The van der Waals surface area contributed by atoms with Gasteiger partial charge in [-0.3, -0.25) is 15.1 Å². The molecule has 2 aromatic heterocycles. The number of hydrogen-bond acceptors (Lipinski definition) is 7. The van der Waals surface area contributed by atoms with Gasteiger partial charge >= 0.3 is 12.0 Å². The van der Waals surface area contributed by atoms with Crippen LogP contribution in [0.1, 0.15) is 47.3 Å². The van der Waals surface area contributed by atoms with Crippen molar-refractivity contribution >= 4 is 29.4 Å². The average molecular weight is 547 g/mol. The molecule has 12 heteroatoms. The summed E-state index contributed by atoms with van der Waals surface area (Å²) in [5, 5.41) is 9.79. The van der Waals surface area contributed by atoms with E-state index in [0.717, 1.165) is 6.07 Å². The number of esters is 1. The van der Waals surface area contributed by atoms with Crippen molar-refractivity contribution in [2.75, 3.05) is 17.7 Å². The lowest BCUT2D eigenvalue weighted by Crippen LogP contribution is -2.22. The molecule has 206 valence electrons. The minimum atomic E-state index is -0.758. The molecular formula is C28H27FN6O5. The molecule has 4 rings (SSSR count). The van der Waals surface area contributed by atoms with Gasteiger partial charge in [0, 0.05) is 29.8 Å². The largest absolute Gasteiger partial charge is 0.465 e. The van der Waals surface area contributed by atoms with Gasteiger partial charge in [0.2, 0.25) is 0 Å². The smallest absolute Gasteiger partial charge is 0.337 e. The summed E-state index contributed by atoms with van der Waals surface area (Å²) in [4.78, 5) is 40.1. The van der Waals surface area contributed by atoms with E-state index < -0.39 is 23.7 Å². The van der Waals surface area contributed by atoms with Gasteiger partial charge in [-0.2, -0.15) is 5.10 Å². The summed E-state index contributed by atoms with van der Waals surface area (Å²) in [7, 11) is 1.29. The zero-order valence-electron chi connectivity index (χ0n) is 22.2. The molecular weight excluding hydrogens is 519 g/mol. The molecule has 3 amide bonds. The summed E-state index contributed by atoms with van der Waals surface area (Å²) in [6.45, 7) is 5.90. The van der Waals surface area contributed by atoms with Crippen LogP contribution in [0.15, 0.2) is 66.9 Å². The van der Waals surface area contributed by atoms with E-state index in [1.54, 1.807) is 30.3 Å². The third-order valence-electron chi connectivity index (χ3n) is 5.64. The van der Waals surface area contributed by atoms with Gasteiger partial charge in [0.25, 0.3) is 5.91 Å². The lowest BCUT2D eigenvalue weighted by molar-refractivity contribution is 0.0600. The number of carbonyl (C=O) groups is 3. The summed E-state index contributed by atoms with van der Waals surface area (Å²) in [5.41, 5.74) is 6.26. The number of nitrogens with zero attached hydrogens (tertiary/aromatic N) is 3. The second kappa shape index (κ2) is 11.2. The van der Waals surface area contributed by atoms with E-state index in [1.807, 2.05) is 20.8 Å². The maximum atomic E-state index is 14.8. The van der Waals surface area contributed by atoms with Crippen molar-refractivity contribution in [1.29, 1.82) is 0 Å². The van der Waals surface area contributed by atoms with Gasteiger partial charge in [-0.25, -0.2) is 18.7 Å². The molecule has 0 saturated heterocycles. The molecule has 0 aliphatic heterocycles. The Bertz CT molecular complexity index is 1590. The molecule has 0 bridgehead atoms. The number of pyridine rings is 1. The van der Waals surface area contributed by atoms with E-state index in [4.69, 9.17) is 15.2 Å². The lowest BCUT2D eigenvalue weighted by Gasteiger charge is -2.14. The number of anilines is 2. The molecule has 0 unspecified atom stereocenters. The van der Waals surface area contributed by atoms with Crippen molar-refractivity contribution in [2.24, 2.45) is 5.73 Å². The number of carbonyl (C=O) groups excluding carboxylic acids is 3. The second-order valence-electron chi connectivity index (χ2n) is 9.68. The SMILES string of the molecule is COC(=O)c1cccc(-n2nc(C(C)(C)C)cc2NC(=O)Nc2ccc(Oc3ccnc(C(N)=O)c3)cc2F)c1. The van der Waals surface area contributed by atoms with Crippen molar-refractivity contribution in [3.05, 3.63) is 89.6 Å². The van der Waals surface area contributed by atoms with Gasteiger partial charge in [-0.15, -0.1) is 0 Å². The molecule has 2 aromatic carbocycles. The Morgan fingerprint density at radius 3 is 2.40 bits per heavy atom. The van der Waals surface area contributed by atoms with Crippen LogP contribution in [0.3, 0.4) is 0 Å². The molecule has 0 aliphatic rings. The number of amides is 3. The predicted octanol–water partition coefficient (Wildman–Crippen LogP) is 5.03. The summed E-state index contributed by atoms with van der Waals surface area (Å²) in [6.07, 6.45) is 1.34. The number of aromatic nitrogens is 3. The van der Waals surface area contributed by atoms with Crippen LogP contribution < -0.4 is 21.1 Å². The topological polar surface area (TPSA) is 150 Å². The highest BCUT2D eigenvalue weighted by Crippen LogP contribution is 2.28. The summed E-state index contributed by atoms with van der Waals surface area (Å²) in [6, 6.07) is 14.2. The van der Waals surface area contributed by atoms with Crippen LogP contribution in [0.4, 0.5) is 20.7 Å². The zero-order valence-corrected chi connectivity index (χ0v) is 22.2. The van der Waals surface area contributed by atoms with Crippen LogP contribution >= 0.6 is 0 Å². The maximum absolute atomic E-state index is 14.8. The fourth-order valence-electron chi connectivity index (χ4n) is 3.59. The number of halogens is 1. The van der Waals surface area contributed by atoms with Gasteiger partial charge in [0.15, 0.2) is 0 Å². The Morgan fingerprint density at radius 1 is 0.975 bits per heavy atom. The second-order valence-corrected chi connectivity index (χ2v) is 9.68. The number of hydrogen-bond donors (Lipinski definition) is 3. The van der Waals surface area contributed by atoms with E-state index >= 15 is 0 Å². The number of nitrogens with one attached hydrogen (secondary N) is 2. The minimum absolute atomic E-state index is 0.00110. The van der Waals surface area contributed by atoms with E-state index in [0.29, 0.717) is 22.8 Å². The van der Waals surface area contributed by atoms with Gasteiger partial charge in [-0.05, 0) is 36.4 Å². The molecule has 2 heterocycles. The number of primary amides is 1. The number of nitrogens with two attached hydrogens (primary N) is 1. The van der Waals surface area contributed by atoms with Gasteiger partial charge in [-0.1, -0.05) is 26.8 Å². The number of ether oxygens (including phenoxy) is 2. The Hall–Kier alpha value is -5.26. The Labute approximate surface area is 229 Å². The highest BCUT2D eigenvalue weighted by molar-refractivity contribution is 5.99. The first kappa shape index (κ1) is 27.8. The molecule has 4 N–H and O–H groups in total. The van der Waals surface area contributed by atoms with Gasteiger partial charge in [0.05, 0.1) is 29.7 Å². The van der Waals surface area contributed by atoms with Crippen molar-refractivity contribution in [1.82, 2.24) is 14.8 Å². The van der Waals surface area contributed by atoms with Crippen molar-refractivity contribution in [3.63, 3.8) is 0 Å². The summed E-state index contributed by atoms with van der Waals surface area (Å²) in [5.74, 6) is -1.34. The zero-order chi connectivity index (χ0) is 29.0. The highest BCUT2D eigenvalue weighted by Gasteiger charge is 2.22. The fourth-order valence-corrected chi connectivity index (χ4v) is 3.59. The predicted molar refractivity (Wildman–Crippen MR) is 145 cm³/mol. The molecule has 4 aromatic rings. The average Bonchev–Trinajstić information content (AvgIpc) is 3.34. The Balaban J connectivity index is 1.54. The van der Waals surface area contributed by atoms with Crippen LogP contribution in [0.25, 0.3) is 5.69 Å². The lowest BCUT2D eigenvalue weighted by atomic mass is 9.92. The summed E-state index contributed by atoms with van der Waals surface area (Å²) >= 11 is 0. The number of rotatable bonds is 7.